The molecule has 1 aromatic heterocycles. The molecule has 0 aliphatic carbocycles. The van der Waals surface area contributed by atoms with E-state index in [1.807, 2.05) is 24.3 Å². The zero-order valence-electron chi connectivity index (χ0n) is 14.8. The molecule has 0 spiro atoms. The van der Waals surface area contributed by atoms with Crippen molar-refractivity contribution in [3.05, 3.63) is 60.3 Å². The Morgan fingerprint density at radius 2 is 1.64 bits per heavy atom. The van der Waals surface area contributed by atoms with Crippen molar-refractivity contribution in [1.29, 1.82) is 0 Å². The van der Waals surface area contributed by atoms with Crippen molar-refractivity contribution in [3.8, 4) is 5.88 Å². The lowest BCUT2D eigenvalue weighted by Crippen LogP contribution is -2.41. The fourth-order valence-corrected chi connectivity index (χ4v) is 4.70. The molecule has 0 N–H and O–H groups in total. The lowest BCUT2D eigenvalue weighted by atomic mass is 10.1. The average Bonchev–Trinajstić information content (AvgIpc) is 2.67. The fraction of sp³-hybridized carbons (Fsp3) is 0.263. The van der Waals surface area contributed by atoms with Crippen LogP contribution >= 0.6 is 0 Å². The molecule has 0 amide bonds. The van der Waals surface area contributed by atoms with Gasteiger partial charge in [-0.3, -0.25) is 0 Å². The van der Waals surface area contributed by atoms with Crippen LogP contribution in [0.1, 0.15) is 12.8 Å². The highest BCUT2D eigenvalue weighted by Gasteiger charge is 2.31. The summed E-state index contributed by atoms with van der Waals surface area (Å²) in [4.78, 5) is 8.31. The average molecular weight is 405 g/mol. The number of sulfonamides is 1. The quantitative estimate of drug-likeness (QED) is 0.667. The second-order valence-corrected chi connectivity index (χ2v) is 8.46. The molecule has 146 valence electrons. The number of fused-ring (bicyclic) bond motifs is 1. The van der Waals surface area contributed by atoms with E-state index in [2.05, 4.69) is 9.97 Å². The van der Waals surface area contributed by atoms with Gasteiger partial charge in [0.2, 0.25) is 15.9 Å². The third-order valence-electron chi connectivity index (χ3n) is 4.59. The van der Waals surface area contributed by atoms with E-state index in [4.69, 9.17) is 4.74 Å². The van der Waals surface area contributed by atoms with E-state index in [0.717, 1.165) is 17.6 Å². The number of hydrogen-bond acceptors (Lipinski definition) is 5. The molecule has 1 saturated heterocycles. The topological polar surface area (TPSA) is 72.4 Å². The van der Waals surface area contributed by atoms with Crippen LogP contribution < -0.4 is 4.74 Å². The Balaban J connectivity index is 1.43. The number of rotatable bonds is 4. The summed E-state index contributed by atoms with van der Waals surface area (Å²) < 4.78 is 59.1. The third-order valence-corrected chi connectivity index (χ3v) is 6.47. The molecular weight excluding hydrogens is 388 g/mol. The number of ether oxygens (including phenoxy) is 1. The van der Waals surface area contributed by atoms with E-state index in [1.165, 1.54) is 4.31 Å². The van der Waals surface area contributed by atoms with Crippen molar-refractivity contribution in [2.24, 2.45) is 0 Å². The van der Waals surface area contributed by atoms with Gasteiger partial charge in [0.05, 0.1) is 22.1 Å². The highest BCUT2D eigenvalue weighted by molar-refractivity contribution is 7.89. The van der Waals surface area contributed by atoms with Crippen LogP contribution in [0.3, 0.4) is 0 Å². The van der Waals surface area contributed by atoms with E-state index < -0.39 is 21.7 Å². The molecule has 0 radical (unpaired) electrons. The molecule has 1 aliphatic heterocycles. The normalized spacial score (nSPS) is 16.4. The summed E-state index contributed by atoms with van der Waals surface area (Å²) in [6.45, 7) is 0.373. The summed E-state index contributed by atoms with van der Waals surface area (Å²) in [6, 6.07) is 9.71. The highest BCUT2D eigenvalue weighted by atomic mass is 32.2. The number of piperidine rings is 1. The van der Waals surface area contributed by atoms with Crippen LogP contribution in [0, 0.1) is 11.6 Å². The first-order valence-corrected chi connectivity index (χ1v) is 10.2. The fourth-order valence-electron chi connectivity index (χ4n) is 3.18. The van der Waals surface area contributed by atoms with Crippen molar-refractivity contribution in [3.63, 3.8) is 0 Å². The summed E-state index contributed by atoms with van der Waals surface area (Å²) in [7, 11) is -3.96. The van der Waals surface area contributed by atoms with Crippen LogP contribution in [-0.4, -0.2) is 41.9 Å². The summed E-state index contributed by atoms with van der Waals surface area (Å²) >= 11 is 0. The van der Waals surface area contributed by atoms with E-state index in [-0.39, 0.29) is 24.1 Å². The van der Waals surface area contributed by atoms with E-state index >= 15 is 0 Å². The van der Waals surface area contributed by atoms with Crippen LogP contribution in [0.25, 0.3) is 11.0 Å². The predicted molar refractivity (Wildman–Crippen MR) is 98.3 cm³/mol. The monoisotopic (exact) mass is 405 g/mol. The molecule has 9 heteroatoms. The van der Waals surface area contributed by atoms with Gasteiger partial charge in [0.1, 0.15) is 17.7 Å². The minimum absolute atomic E-state index is 0.187. The van der Waals surface area contributed by atoms with Crippen molar-refractivity contribution >= 4 is 21.1 Å². The summed E-state index contributed by atoms with van der Waals surface area (Å²) in [5.41, 5.74) is 1.48. The van der Waals surface area contributed by atoms with Crippen molar-refractivity contribution in [2.45, 2.75) is 23.8 Å². The van der Waals surface area contributed by atoms with Gasteiger partial charge in [0, 0.05) is 19.2 Å². The van der Waals surface area contributed by atoms with Crippen LogP contribution in [-0.2, 0) is 10.0 Å². The molecule has 28 heavy (non-hydrogen) atoms. The van der Waals surface area contributed by atoms with Gasteiger partial charge >= 0.3 is 0 Å². The van der Waals surface area contributed by atoms with Crippen LogP contribution in [0.4, 0.5) is 8.78 Å². The first-order chi connectivity index (χ1) is 13.4. The molecule has 2 heterocycles. The molecule has 1 fully saturated rings. The van der Waals surface area contributed by atoms with Crippen molar-refractivity contribution < 1.29 is 21.9 Å². The van der Waals surface area contributed by atoms with Gasteiger partial charge in [-0.15, -0.1) is 0 Å². The number of halogens is 2. The molecule has 0 unspecified atom stereocenters. The number of hydrogen-bond donors (Lipinski definition) is 0. The minimum atomic E-state index is -3.96. The SMILES string of the molecule is O=S(=O)(c1cc(F)cc(F)c1)N1CCC(Oc2cnc3ccccc3n2)CC1. The van der Waals surface area contributed by atoms with Gasteiger partial charge < -0.3 is 4.74 Å². The Labute approximate surface area is 160 Å². The minimum Gasteiger partial charge on any atom is -0.473 e. The smallest absolute Gasteiger partial charge is 0.243 e. The Morgan fingerprint density at radius 3 is 2.32 bits per heavy atom. The van der Waals surface area contributed by atoms with E-state index in [0.29, 0.717) is 30.3 Å². The summed E-state index contributed by atoms with van der Waals surface area (Å²) in [6.07, 6.45) is 2.20. The zero-order valence-corrected chi connectivity index (χ0v) is 15.6. The molecular formula is C19H17F2N3O3S. The van der Waals surface area contributed by atoms with E-state index in [9.17, 15) is 17.2 Å². The Morgan fingerprint density at radius 1 is 1.00 bits per heavy atom. The molecule has 6 nitrogen and oxygen atoms in total. The molecule has 0 bridgehead atoms. The molecule has 2 aromatic carbocycles. The zero-order chi connectivity index (χ0) is 19.7. The molecule has 3 aromatic rings. The first kappa shape index (κ1) is 18.7. The second kappa shape index (κ2) is 7.40. The predicted octanol–water partition coefficient (Wildman–Crippen LogP) is 3.14. The van der Waals surface area contributed by atoms with Gasteiger partial charge in [-0.25, -0.2) is 27.2 Å². The summed E-state index contributed by atoms with van der Waals surface area (Å²) in [5.74, 6) is -1.47. The largest absolute Gasteiger partial charge is 0.473 e. The van der Waals surface area contributed by atoms with Crippen molar-refractivity contribution in [1.82, 2.24) is 14.3 Å². The van der Waals surface area contributed by atoms with Gasteiger partial charge in [0.25, 0.3) is 0 Å². The molecule has 0 atom stereocenters. The van der Waals surface area contributed by atoms with Gasteiger partial charge in [-0.05, 0) is 37.1 Å². The third kappa shape index (κ3) is 3.81. The molecule has 4 rings (SSSR count). The van der Waals surface area contributed by atoms with Gasteiger partial charge in [-0.1, -0.05) is 12.1 Å². The Bertz CT molecular complexity index is 1100. The number of benzene rings is 2. The molecule has 0 saturated carbocycles. The Hall–Kier alpha value is -2.65. The lowest BCUT2D eigenvalue weighted by Gasteiger charge is -2.31. The second-order valence-electron chi connectivity index (χ2n) is 6.52. The van der Waals surface area contributed by atoms with Crippen LogP contribution in [0.15, 0.2) is 53.6 Å². The Kier molecular flexibility index (Phi) is 4.94. The number of nitrogens with zero attached hydrogens (tertiary/aromatic N) is 3. The molecule has 1 aliphatic rings. The first-order valence-electron chi connectivity index (χ1n) is 8.76. The number of para-hydroxylation sites is 2. The standard InChI is InChI=1S/C19H17F2N3O3S/c20-13-9-14(21)11-16(10-13)28(25,26)24-7-5-15(6-8-24)27-19-12-22-17-3-1-2-4-18(17)23-19/h1-4,9-12,15H,5-8H2. The van der Waals surface area contributed by atoms with E-state index in [1.54, 1.807) is 6.20 Å². The van der Waals surface area contributed by atoms with Crippen LogP contribution in [0.2, 0.25) is 0 Å². The highest BCUT2D eigenvalue weighted by Crippen LogP contribution is 2.24. The van der Waals surface area contributed by atoms with Gasteiger partial charge in [0.15, 0.2) is 0 Å². The maximum absolute atomic E-state index is 13.4. The lowest BCUT2D eigenvalue weighted by molar-refractivity contribution is 0.130. The maximum atomic E-state index is 13.4. The van der Waals surface area contributed by atoms with Crippen molar-refractivity contribution in [2.75, 3.05) is 13.1 Å². The van der Waals surface area contributed by atoms with Crippen LogP contribution in [0.5, 0.6) is 5.88 Å². The maximum Gasteiger partial charge on any atom is 0.243 e. The van der Waals surface area contributed by atoms with Gasteiger partial charge in [-0.2, -0.15) is 4.31 Å². The number of aromatic nitrogens is 2. The summed E-state index contributed by atoms with van der Waals surface area (Å²) in [5, 5.41) is 0.